The monoisotopic (exact) mass is 384 g/mol. The summed E-state index contributed by atoms with van der Waals surface area (Å²) >= 11 is 0. The fourth-order valence-electron chi connectivity index (χ4n) is 3.91. The Bertz CT molecular complexity index is 1080. The first-order valence-electron chi connectivity index (χ1n) is 10.2. The summed E-state index contributed by atoms with van der Waals surface area (Å²) in [5.41, 5.74) is 4.13. The van der Waals surface area contributed by atoms with Gasteiger partial charge in [0.25, 0.3) is 0 Å². The van der Waals surface area contributed by atoms with Gasteiger partial charge in [-0.1, -0.05) is 36.8 Å². The molecule has 29 heavy (non-hydrogen) atoms. The highest BCUT2D eigenvalue weighted by Crippen LogP contribution is 2.25. The summed E-state index contributed by atoms with van der Waals surface area (Å²) < 4.78 is 1.84. The minimum atomic E-state index is 0.765. The van der Waals surface area contributed by atoms with E-state index in [4.69, 9.17) is 0 Å². The number of likely N-dealkylation sites (tertiary alicyclic amines) is 1. The standard InChI is InChI=1S/C23H24N6/c1-3-7-20(8-4-1)29-23-21(15-26-29)22(24-17-25-23)27-19-11-9-18(10-12-19)16-28-13-5-2-6-14-28/h1,3-4,7-12,15,17H,2,5-6,13-14,16H2,(H,24,25,27). The van der Waals surface area contributed by atoms with Crippen molar-refractivity contribution in [2.24, 2.45) is 0 Å². The van der Waals surface area contributed by atoms with E-state index in [0.717, 1.165) is 34.8 Å². The van der Waals surface area contributed by atoms with Crippen molar-refractivity contribution in [2.45, 2.75) is 25.8 Å². The third-order valence-corrected chi connectivity index (χ3v) is 5.44. The van der Waals surface area contributed by atoms with Gasteiger partial charge in [0.2, 0.25) is 0 Å². The topological polar surface area (TPSA) is 58.9 Å². The Morgan fingerprint density at radius 3 is 2.45 bits per heavy atom. The number of aromatic nitrogens is 4. The van der Waals surface area contributed by atoms with Crippen LogP contribution in [0.2, 0.25) is 0 Å². The molecule has 5 rings (SSSR count). The minimum absolute atomic E-state index is 0.765. The summed E-state index contributed by atoms with van der Waals surface area (Å²) in [5, 5.41) is 8.84. The summed E-state index contributed by atoms with van der Waals surface area (Å²) in [5.74, 6) is 0.765. The number of nitrogens with zero attached hydrogens (tertiary/aromatic N) is 5. The van der Waals surface area contributed by atoms with Gasteiger partial charge >= 0.3 is 0 Å². The molecule has 4 aromatic rings. The van der Waals surface area contributed by atoms with Gasteiger partial charge in [-0.25, -0.2) is 14.6 Å². The molecule has 0 aliphatic carbocycles. The quantitative estimate of drug-likeness (QED) is 0.547. The van der Waals surface area contributed by atoms with E-state index < -0.39 is 0 Å². The van der Waals surface area contributed by atoms with Crippen LogP contribution in [0.5, 0.6) is 0 Å². The Kier molecular flexibility index (Phi) is 4.92. The number of hydrogen-bond acceptors (Lipinski definition) is 5. The molecule has 146 valence electrons. The van der Waals surface area contributed by atoms with Crippen LogP contribution in [0.3, 0.4) is 0 Å². The lowest BCUT2D eigenvalue weighted by Crippen LogP contribution is -2.29. The number of benzene rings is 2. The maximum atomic E-state index is 4.52. The molecular weight excluding hydrogens is 360 g/mol. The van der Waals surface area contributed by atoms with Gasteiger partial charge in [-0.05, 0) is 55.8 Å². The van der Waals surface area contributed by atoms with Crippen molar-refractivity contribution in [1.29, 1.82) is 0 Å². The van der Waals surface area contributed by atoms with Gasteiger partial charge < -0.3 is 5.32 Å². The molecule has 2 aromatic heterocycles. The van der Waals surface area contributed by atoms with Crippen LogP contribution >= 0.6 is 0 Å². The molecule has 1 N–H and O–H groups in total. The molecule has 0 spiro atoms. The Labute approximate surface area is 170 Å². The molecular formula is C23H24N6. The summed E-state index contributed by atoms with van der Waals surface area (Å²) in [7, 11) is 0. The van der Waals surface area contributed by atoms with E-state index in [9.17, 15) is 0 Å². The summed E-state index contributed by atoms with van der Waals surface area (Å²) in [4.78, 5) is 11.4. The third-order valence-electron chi connectivity index (χ3n) is 5.44. The molecule has 6 nitrogen and oxygen atoms in total. The minimum Gasteiger partial charge on any atom is -0.340 e. The second-order valence-corrected chi connectivity index (χ2v) is 7.51. The molecule has 1 fully saturated rings. The van der Waals surface area contributed by atoms with E-state index in [1.54, 1.807) is 6.33 Å². The van der Waals surface area contributed by atoms with Gasteiger partial charge in [0.1, 0.15) is 12.1 Å². The number of fused-ring (bicyclic) bond motifs is 1. The zero-order valence-corrected chi connectivity index (χ0v) is 16.3. The SMILES string of the molecule is c1ccc(-n2ncc3c(Nc4ccc(CN5CCCCC5)cc4)ncnc32)cc1. The molecule has 0 amide bonds. The first kappa shape index (κ1) is 17.8. The van der Waals surface area contributed by atoms with Crippen LogP contribution in [0.4, 0.5) is 11.5 Å². The summed E-state index contributed by atoms with van der Waals surface area (Å²) in [6, 6.07) is 18.6. The second-order valence-electron chi connectivity index (χ2n) is 7.51. The van der Waals surface area contributed by atoms with Crippen molar-refractivity contribution in [2.75, 3.05) is 18.4 Å². The third kappa shape index (κ3) is 3.84. The zero-order valence-electron chi connectivity index (χ0n) is 16.3. The van der Waals surface area contributed by atoms with Gasteiger partial charge in [-0.2, -0.15) is 5.10 Å². The van der Waals surface area contributed by atoms with E-state index >= 15 is 0 Å². The molecule has 0 bridgehead atoms. The number of piperidine rings is 1. The van der Waals surface area contributed by atoms with Crippen LogP contribution < -0.4 is 5.32 Å². The van der Waals surface area contributed by atoms with Gasteiger partial charge in [0.05, 0.1) is 17.3 Å². The van der Waals surface area contributed by atoms with Gasteiger partial charge in [0.15, 0.2) is 5.65 Å². The molecule has 6 heteroatoms. The van der Waals surface area contributed by atoms with Gasteiger partial charge in [-0.15, -0.1) is 0 Å². The number of para-hydroxylation sites is 1. The van der Waals surface area contributed by atoms with Crippen molar-refractivity contribution in [3.8, 4) is 5.69 Å². The van der Waals surface area contributed by atoms with Crippen LogP contribution in [0, 0.1) is 0 Å². The molecule has 0 saturated carbocycles. The largest absolute Gasteiger partial charge is 0.340 e. The van der Waals surface area contributed by atoms with E-state index in [1.807, 2.05) is 41.2 Å². The highest BCUT2D eigenvalue weighted by atomic mass is 15.3. The van der Waals surface area contributed by atoms with E-state index in [2.05, 4.69) is 49.5 Å². The van der Waals surface area contributed by atoms with Crippen LogP contribution in [-0.4, -0.2) is 37.7 Å². The smallest absolute Gasteiger partial charge is 0.168 e. The maximum absolute atomic E-state index is 4.52. The van der Waals surface area contributed by atoms with Crippen molar-refractivity contribution in [3.05, 3.63) is 72.7 Å². The maximum Gasteiger partial charge on any atom is 0.168 e. The Morgan fingerprint density at radius 2 is 1.66 bits per heavy atom. The van der Waals surface area contributed by atoms with E-state index in [1.165, 1.54) is 37.9 Å². The molecule has 1 aliphatic heterocycles. The van der Waals surface area contributed by atoms with Crippen LogP contribution in [0.1, 0.15) is 24.8 Å². The Morgan fingerprint density at radius 1 is 0.862 bits per heavy atom. The van der Waals surface area contributed by atoms with Crippen molar-refractivity contribution in [3.63, 3.8) is 0 Å². The van der Waals surface area contributed by atoms with E-state index in [-0.39, 0.29) is 0 Å². The van der Waals surface area contributed by atoms with Crippen molar-refractivity contribution < 1.29 is 0 Å². The van der Waals surface area contributed by atoms with Crippen LogP contribution in [-0.2, 0) is 6.54 Å². The lowest BCUT2D eigenvalue weighted by molar-refractivity contribution is 0.221. The molecule has 0 unspecified atom stereocenters. The Hall–Kier alpha value is -3.25. The van der Waals surface area contributed by atoms with Crippen molar-refractivity contribution in [1.82, 2.24) is 24.6 Å². The van der Waals surface area contributed by atoms with Gasteiger partial charge in [0, 0.05) is 12.2 Å². The average molecular weight is 384 g/mol. The molecule has 0 atom stereocenters. The Balaban J connectivity index is 1.36. The first-order chi connectivity index (χ1) is 14.4. The highest BCUT2D eigenvalue weighted by Gasteiger charge is 2.12. The average Bonchev–Trinajstić information content (AvgIpc) is 3.22. The van der Waals surface area contributed by atoms with Crippen LogP contribution in [0.25, 0.3) is 16.7 Å². The lowest BCUT2D eigenvalue weighted by atomic mass is 10.1. The number of nitrogens with one attached hydrogen (secondary N) is 1. The second kappa shape index (κ2) is 8.01. The summed E-state index contributed by atoms with van der Waals surface area (Å²) in [6.45, 7) is 3.45. The van der Waals surface area contributed by atoms with E-state index in [0.29, 0.717) is 0 Å². The number of rotatable bonds is 5. The number of hydrogen-bond donors (Lipinski definition) is 1. The fraction of sp³-hybridized carbons (Fsp3) is 0.261. The first-order valence-corrected chi connectivity index (χ1v) is 10.2. The number of anilines is 2. The normalized spacial score (nSPS) is 14.9. The summed E-state index contributed by atoms with van der Waals surface area (Å²) in [6.07, 6.45) is 7.40. The molecule has 2 aromatic carbocycles. The van der Waals surface area contributed by atoms with Crippen LogP contribution in [0.15, 0.2) is 67.1 Å². The molecule has 0 radical (unpaired) electrons. The highest BCUT2D eigenvalue weighted by molar-refractivity contribution is 5.89. The molecule has 1 saturated heterocycles. The zero-order chi connectivity index (χ0) is 19.5. The molecule has 1 aliphatic rings. The van der Waals surface area contributed by atoms with Crippen molar-refractivity contribution >= 4 is 22.5 Å². The predicted molar refractivity (Wildman–Crippen MR) is 116 cm³/mol. The fourth-order valence-corrected chi connectivity index (χ4v) is 3.91. The van der Waals surface area contributed by atoms with Gasteiger partial charge in [-0.3, -0.25) is 4.90 Å². The molecule has 3 heterocycles. The predicted octanol–water partition coefficient (Wildman–Crippen LogP) is 4.55. The lowest BCUT2D eigenvalue weighted by Gasteiger charge is -2.26.